The van der Waals surface area contributed by atoms with Crippen molar-refractivity contribution in [3.8, 4) is 0 Å². The summed E-state index contributed by atoms with van der Waals surface area (Å²) in [7, 11) is 0. The minimum Gasteiger partial charge on any atom is -0.456 e. The number of aromatic nitrogens is 1. The van der Waals surface area contributed by atoms with Gasteiger partial charge in [0, 0.05) is 33.3 Å². The molecule has 3 aromatic rings. The summed E-state index contributed by atoms with van der Waals surface area (Å²) < 4.78 is 10.4. The first kappa shape index (κ1) is 16.5. The Morgan fingerprint density at radius 2 is 2.04 bits per heavy atom. The predicted octanol–water partition coefficient (Wildman–Crippen LogP) is 4.16. The van der Waals surface area contributed by atoms with E-state index in [0.29, 0.717) is 26.6 Å². The summed E-state index contributed by atoms with van der Waals surface area (Å²) in [4.78, 5) is 27.6. The van der Waals surface area contributed by atoms with Crippen LogP contribution in [0.2, 0.25) is 10.0 Å². The van der Waals surface area contributed by atoms with Gasteiger partial charge in [-0.1, -0.05) is 23.2 Å². The van der Waals surface area contributed by atoms with Crippen molar-refractivity contribution in [3.05, 3.63) is 73.8 Å². The molecule has 7 heteroatoms. The van der Waals surface area contributed by atoms with Crippen LogP contribution in [0, 0.1) is 6.92 Å². The zero-order valence-electron chi connectivity index (χ0n) is 12.5. The Labute approximate surface area is 146 Å². The topological polar surface area (TPSA) is 69.4 Å². The number of carbonyl (C=O) groups is 1. The van der Waals surface area contributed by atoms with E-state index in [0.717, 1.165) is 5.56 Å². The Balaban J connectivity index is 1.91. The molecule has 2 aromatic heterocycles. The number of carbonyl (C=O) groups excluding carboxylic acids is 1. The summed E-state index contributed by atoms with van der Waals surface area (Å²) in [6.45, 7) is 1.69. The molecule has 0 spiro atoms. The minimum absolute atomic E-state index is 0.0867. The molecule has 0 aliphatic rings. The van der Waals surface area contributed by atoms with Crippen LogP contribution in [0.4, 0.5) is 0 Å². The van der Waals surface area contributed by atoms with E-state index in [2.05, 4.69) is 4.98 Å². The second-order valence-electron chi connectivity index (χ2n) is 5.12. The van der Waals surface area contributed by atoms with Crippen molar-refractivity contribution in [2.45, 2.75) is 13.5 Å². The Bertz CT molecular complexity index is 998. The van der Waals surface area contributed by atoms with E-state index in [1.165, 1.54) is 18.3 Å². The first-order valence-corrected chi connectivity index (χ1v) is 7.71. The number of rotatable bonds is 3. The predicted molar refractivity (Wildman–Crippen MR) is 90.6 cm³/mol. The summed E-state index contributed by atoms with van der Waals surface area (Å²) in [5.41, 5.74) is 1.22. The van der Waals surface area contributed by atoms with Crippen LogP contribution in [0.3, 0.4) is 0 Å². The lowest BCUT2D eigenvalue weighted by Crippen LogP contribution is -2.09. The molecule has 0 N–H and O–H groups in total. The molecule has 24 heavy (non-hydrogen) atoms. The van der Waals surface area contributed by atoms with Gasteiger partial charge in [0.2, 0.25) is 0 Å². The first-order valence-electron chi connectivity index (χ1n) is 6.95. The molecule has 0 atom stereocenters. The van der Waals surface area contributed by atoms with Gasteiger partial charge in [-0.15, -0.1) is 0 Å². The fourth-order valence-corrected chi connectivity index (χ4v) is 2.52. The highest BCUT2D eigenvalue weighted by atomic mass is 35.5. The quantitative estimate of drug-likeness (QED) is 0.516. The van der Waals surface area contributed by atoms with E-state index in [9.17, 15) is 9.59 Å². The summed E-state index contributed by atoms with van der Waals surface area (Å²) in [6.07, 6.45) is 1.41. The largest absolute Gasteiger partial charge is 0.456 e. The van der Waals surface area contributed by atoms with Crippen LogP contribution < -0.4 is 5.63 Å². The Hall–Kier alpha value is -2.37. The Morgan fingerprint density at radius 1 is 1.25 bits per heavy atom. The van der Waals surface area contributed by atoms with Crippen molar-refractivity contribution >= 4 is 40.1 Å². The molecule has 3 rings (SSSR count). The highest BCUT2D eigenvalue weighted by Gasteiger charge is 2.13. The molecule has 2 heterocycles. The van der Waals surface area contributed by atoms with Crippen LogP contribution in [0.5, 0.6) is 0 Å². The smallest absolute Gasteiger partial charge is 0.357 e. The number of aryl methyl sites for hydroxylation is 1. The normalized spacial score (nSPS) is 10.8. The minimum atomic E-state index is -0.642. The molecule has 0 aliphatic heterocycles. The number of ether oxygens (including phenoxy) is 1. The van der Waals surface area contributed by atoms with Gasteiger partial charge in [-0.05, 0) is 36.8 Å². The maximum absolute atomic E-state index is 12.0. The van der Waals surface area contributed by atoms with Crippen molar-refractivity contribution in [3.63, 3.8) is 0 Å². The fourth-order valence-electron chi connectivity index (χ4n) is 2.20. The van der Waals surface area contributed by atoms with Crippen molar-refractivity contribution in [1.29, 1.82) is 0 Å². The lowest BCUT2D eigenvalue weighted by Gasteiger charge is -2.08. The first-order chi connectivity index (χ1) is 11.4. The molecule has 0 saturated carbocycles. The molecule has 0 fully saturated rings. The van der Waals surface area contributed by atoms with Gasteiger partial charge in [-0.2, -0.15) is 0 Å². The third-order valence-corrected chi connectivity index (χ3v) is 4.04. The summed E-state index contributed by atoms with van der Waals surface area (Å²) in [5, 5.41) is 1.52. The lowest BCUT2D eigenvalue weighted by molar-refractivity contribution is 0.0467. The van der Waals surface area contributed by atoms with Gasteiger partial charge in [0.15, 0.2) is 0 Å². The van der Waals surface area contributed by atoms with Crippen LogP contribution in [0.1, 0.15) is 21.6 Å². The van der Waals surface area contributed by atoms with E-state index in [-0.39, 0.29) is 12.3 Å². The number of nitrogens with zero attached hydrogens (tertiary/aromatic N) is 1. The van der Waals surface area contributed by atoms with E-state index in [4.69, 9.17) is 32.4 Å². The van der Waals surface area contributed by atoms with Crippen LogP contribution >= 0.6 is 23.2 Å². The van der Waals surface area contributed by atoms with Gasteiger partial charge in [-0.3, -0.25) is 0 Å². The maximum Gasteiger partial charge on any atom is 0.357 e. The second kappa shape index (κ2) is 6.63. The monoisotopic (exact) mass is 363 g/mol. The molecule has 0 amide bonds. The zero-order chi connectivity index (χ0) is 17.3. The highest BCUT2D eigenvalue weighted by Crippen LogP contribution is 2.25. The number of hydrogen-bond acceptors (Lipinski definition) is 5. The molecule has 0 radical (unpaired) electrons. The van der Waals surface area contributed by atoms with Gasteiger partial charge < -0.3 is 9.15 Å². The highest BCUT2D eigenvalue weighted by molar-refractivity contribution is 6.32. The molecule has 122 valence electrons. The van der Waals surface area contributed by atoms with Crippen LogP contribution in [-0.2, 0) is 11.3 Å². The van der Waals surface area contributed by atoms with Crippen molar-refractivity contribution in [2.24, 2.45) is 0 Å². The fraction of sp³-hybridized carbons (Fsp3) is 0.118. The average molecular weight is 364 g/mol. The van der Waals surface area contributed by atoms with Crippen LogP contribution in [0.15, 0.2) is 45.7 Å². The Kier molecular flexibility index (Phi) is 4.55. The standard InChI is InChI=1S/C17H11Cl2NO4/c1-9-4-15-12(7-13(9)19)10(5-16(21)24-15)8-23-17(22)14-6-11(18)2-3-20-14/h2-7H,8H2,1H3. The van der Waals surface area contributed by atoms with Gasteiger partial charge in [0.25, 0.3) is 0 Å². The molecule has 0 unspecified atom stereocenters. The molecule has 0 aliphatic carbocycles. The number of pyridine rings is 1. The van der Waals surface area contributed by atoms with Gasteiger partial charge in [-0.25, -0.2) is 14.6 Å². The average Bonchev–Trinajstić information content (AvgIpc) is 2.54. The molecule has 0 bridgehead atoms. The number of fused-ring (bicyclic) bond motifs is 1. The second-order valence-corrected chi connectivity index (χ2v) is 5.97. The van der Waals surface area contributed by atoms with E-state index in [1.54, 1.807) is 25.1 Å². The lowest BCUT2D eigenvalue weighted by atomic mass is 10.1. The number of hydrogen-bond donors (Lipinski definition) is 0. The van der Waals surface area contributed by atoms with Gasteiger partial charge >= 0.3 is 11.6 Å². The number of esters is 1. The molecule has 5 nitrogen and oxygen atoms in total. The van der Waals surface area contributed by atoms with Gasteiger partial charge in [0.1, 0.15) is 17.9 Å². The van der Waals surface area contributed by atoms with Crippen LogP contribution in [0.25, 0.3) is 11.0 Å². The summed E-state index contributed by atoms with van der Waals surface area (Å²) in [5.74, 6) is -0.642. The van der Waals surface area contributed by atoms with Crippen molar-refractivity contribution in [1.82, 2.24) is 4.98 Å². The third-order valence-electron chi connectivity index (χ3n) is 3.40. The molecule has 1 aromatic carbocycles. The van der Waals surface area contributed by atoms with Crippen LogP contribution in [-0.4, -0.2) is 11.0 Å². The Morgan fingerprint density at radius 3 is 2.79 bits per heavy atom. The van der Waals surface area contributed by atoms with E-state index >= 15 is 0 Å². The SMILES string of the molecule is Cc1cc2oc(=O)cc(COC(=O)c3cc(Cl)ccn3)c2cc1Cl. The summed E-state index contributed by atoms with van der Waals surface area (Å²) in [6, 6.07) is 7.58. The summed E-state index contributed by atoms with van der Waals surface area (Å²) >= 11 is 11.9. The van der Waals surface area contributed by atoms with E-state index < -0.39 is 11.6 Å². The van der Waals surface area contributed by atoms with E-state index in [1.807, 2.05) is 0 Å². The van der Waals surface area contributed by atoms with Crippen molar-refractivity contribution in [2.75, 3.05) is 0 Å². The van der Waals surface area contributed by atoms with Gasteiger partial charge in [0.05, 0.1) is 0 Å². The molecule has 0 saturated heterocycles. The molecular formula is C17H11Cl2NO4. The zero-order valence-corrected chi connectivity index (χ0v) is 14.0. The number of benzene rings is 1. The molecular weight excluding hydrogens is 353 g/mol. The van der Waals surface area contributed by atoms with Crippen molar-refractivity contribution < 1.29 is 13.9 Å². The third kappa shape index (κ3) is 3.42. The number of halogens is 2. The maximum atomic E-state index is 12.0.